The van der Waals surface area contributed by atoms with Gasteiger partial charge in [-0.25, -0.2) is 0 Å². The van der Waals surface area contributed by atoms with Gasteiger partial charge in [-0.05, 0) is 12.5 Å². The van der Waals surface area contributed by atoms with Crippen molar-refractivity contribution in [2.75, 3.05) is 0 Å². The van der Waals surface area contributed by atoms with Crippen LogP contribution < -0.4 is 0 Å². The summed E-state index contributed by atoms with van der Waals surface area (Å²) in [4.78, 5) is 10.5. The number of benzene rings is 1. The Balaban J connectivity index is 0. The monoisotopic (exact) mass is 210 g/mol. The van der Waals surface area contributed by atoms with Gasteiger partial charge in [0, 0.05) is 0 Å². The lowest BCUT2D eigenvalue weighted by molar-refractivity contribution is -0.138. The van der Waals surface area contributed by atoms with Crippen molar-refractivity contribution in [1.29, 1.82) is 0 Å². The van der Waals surface area contributed by atoms with Crippen LogP contribution in [0.5, 0.6) is 0 Å². The Labute approximate surface area is 93.0 Å². The maximum absolute atomic E-state index is 10.5. The van der Waals surface area contributed by atoms with E-state index in [1.807, 2.05) is 58.0 Å². The standard InChI is InChI=1S/C9H10O2.2C2H6/c1-7(9(10)11)8-5-3-2-4-6-8;2*1-2/h2-7H,1H3,(H,10,11);2*1-2H3. The molecule has 2 nitrogen and oxygen atoms in total. The number of hydrogen-bond acceptors (Lipinski definition) is 1. The van der Waals surface area contributed by atoms with Gasteiger partial charge >= 0.3 is 5.97 Å². The van der Waals surface area contributed by atoms with E-state index < -0.39 is 11.9 Å². The lowest BCUT2D eigenvalue weighted by atomic mass is 10.0. The number of carbonyl (C=O) groups is 1. The molecule has 0 aromatic heterocycles. The summed E-state index contributed by atoms with van der Waals surface area (Å²) in [5, 5.41) is 8.64. The van der Waals surface area contributed by atoms with Crippen LogP contribution in [0.1, 0.15) is 46.1 Å². The second kappa shape index (κ2) is 10.8. The summed E-state index contributed by atoms with van der Waals surface area (Å²) in [6.45, 7) is 9.68. The molecular formula is C13H22O2. The quantitative estimate of drug-likeness (QED) is 0.803. The minimum absolute atomic E-state index is 0.406. The summed E-state index contributed by atoms with van der Waals surface area (Å²) in [6.07, 6.45) is 0. The van der Waals surface area contributed by atoms with Crippen molar-refractivity contribution in [2.45, 2.75) is 40.5 Å². The van der Waals surface area contributed by atoms with Crippen LogP contribution in [0.4, 0.5) is 0 Å². The fourth-order valence-corrected chi connectivity index (χ4v) is 0.884. The van der Waals surface area contributed by atoms with Gasteiger partial charge in [-0.1, -0.05) is 58.0 Å². The maximum Gasteiger partial charge on any atom is 0.310 e. The number of aliphatic carboxylic acids is 1. The van der Waals surface area contributed by atoms with Crippen LogP contribution in [-0.4, -0.2) is 11.1 Å². The van der Waals surface area contributed by atoms with Gasteiger partial charge in [0.15, 0.2) is 0 Å². The van der Waals surface area contributed by atoms with E-state index in [0.717, 1.165) is 5.56 Å². The van der Waals surface area contributed by atoms with Crippen molar-refractivity contribution in [2.24, 2.45) is 0 Å². The molecule has 1 atom stereocenters. The first-order valence-electron chi connectivity index (χ1n) is 5.49. The van der Waals surface area contributed by atoms with Gasteiger partial charge in [0.1, 0.15) is 0 Å². The lowest BCUT2D eigenvalue weighted by Crippen LogP contribution is -2.06. The zero-order chi connectivity index (χ0) is 12.3. The Morgan fingerprint density at radius 1 is 1.07 bits per heavy atom. The fraction of sp³-hybridized carbons (Fsp3) is 0.462. The number of rotatable bonds is 2. The Hall–Kier alpha value is -1.31. The van der Waals surface area contributed by atoms with Gasteiger partial charge in [0.05, 0.1) is 5.92 Å². The first-order valence-corrected chi connectivity index (χ1v) is 5.49. The number of hydrogen-bond donors (Lipinski definition) is 1. The average Bonchev–Trinajstić information content (AvgIpc) is 2.34. The van der Waals surface area contributed by atoms with Gasteiger partial charge < -0.3 is 5.11 Å². The first kappa shape index (κ1) is 16.1. The fourth-order valence-electron chi connectivity index (χ4n) is 0.884. The van der Waals surface area contributed by atoms with Crippen molar-refractivity contribution in [3.63, 3.8) is 0 Å². The van der Waals surface area contributed by atoms with Gasteiger partial charge in [-0.15, -0.1) is 0 Å². The number of carboxylic acid groups (broad SMARTS) is 1. The molecule has 0 saturated heterocycles. The molecule has 15 heavy (non-hydrogen) atoms. The van der Waals surface area contributed by atoms with E-state index >= 15 is 0 Å². The minimum atomic E-state index is -0.781. The Bertz CT molecular complexity index is 242. The highest BCUT2D eigenvalue weighted by Gasteiger charge is 2.11. The van der Waals surface area contributed by atoms with Crippen molar-refractivity contribution in [3.8, 4) is 0 Å². The molecule has 1 rings (SSSR count). The van der Waals surface area contributed by atoms with Crippen LogP contribution in [0.2, 0.25) is 0 Å². The highest BCUT2D eigenvalue weighted by molar-refractivity contribution is 5.75. The predicted molar refractivity (Wildman–Crippen MR) is 65.2 cm³/mol. The number of carboxylic acids is 1. The van der Waals surface area contributed by atoms with Crippen molar-refractivity contribution < 1.29 is 9.90 Å². The molecule has 1 aromatic carbocycles. The molecule has 0 bridgehead atoms. The summed E-state index contributed by atoms with van der Waals surface area (Å²) < 4.78 is 0. The SMILES string of the molecule is CC.CC.CC(C(=O)O)c1ccccc1. The molecule has 1 aromatic rings. The molecule has 1 unspecified atom stereocenters. The molecule has 0 aliphatic carbocycles. The minimum Gasteiger partial charge on any atom is -0.481 e. The van der Waals surface area contributed by atoms with E-state index in [0.29, 0.717) is 0 Å². The molecular weight excluding hydrogens is 188 g/mol. The largest absolute Gasteiger partial charge is 0.481 e. The summed E-state index contributed by atoms with van der Waals surface area (Å²) in [6, 6.07) is 9.19. The highest BCUT2D eigenvalue weighted by atomic mass is 16.4. The third kappa shape index (κ3) is 6.72. The van der Waals surface area contributed by atoms with Crippen LogP contribution in [0.3, 0.4) is 0 Å². The van der Waals surface area contributed by atoms with E-state index in [4.69, 9.17) is 5.11 Å². The van der Waals surface area contributed by atoms with Gasteiger partial charge in [0.25, 0.3) is 0 Å². The van der Waals surface area contributed by atoms with Crippen LogP contribution >= 0.6 is 0 Å². The molecule has 0 aliphatic rings. The molecule has 1 N–H and O–H groups in total. The molecule has 0 saturated carbocycles. The Kier molecular flexibility index (Phi) is 11.6. The van der Waals surface area contributed by atoms with Gasteiger partial charge in [-0.2, -0.15) is 0 Å². The average molecular weight is 210 g/mol. The molecule has 2 heteroatoms. The van der Waals surface area contributed by atoms with Crippen molar-refractivity contribution in [1.82, 2.24) is 0 Å². The Morgan fingerprint density at radius 2 is 1.47 bits per heavy atom. The smallest absolute Gasteiger partial charge is 0.310 e. The van der Waals surface area contributed by atoms with Gasteiger partial charge in [-0.3, -0.25) is 4.79 Å². The van der Waals surface area contributed by atoms with Crippen LogP contribution in [0.25, 0.3) is 0 Å². The third-order valence-electron chi connectivity index (χ3n) is 1.67. The Morgan fingerprint density at radius 3 is 1.80 bits per heavy atom. The topological polar surface area (TPSA) is 37.3 Å². The van der Waals surface area contributed by atoms with Crippen LogP contribution in [-0.2, 0) is 4.79 Å². The molecule has 0 spiro atoms. The van der Waals surface area contributed by atoms with Crippen LogP contribution in [0.15, 0.2) is 30.3 Å². The normalized spacial score (nSPS) is 9.93. The predicted octanol–water partition coefficient (Wildman–Crippen LogP) is 3.93. The molecule has 0 heterocycles. The van der Waals surface area contributed by atoms with E-state index in [2.05, 4.69) is 0 Å². The zero-order valence-electron chi connectivity index (χ0n) is 10.3. The van der Waals surface area contributed by atoms with E-state index in [1.54, 1.807) is 6.92 Å². The molecule has 0 fully saturated rings. The third-order valence-corrected chi connectivity index (χ3v) is 1.67. The second-order valence-electron chi connectivity index (χ2n) is 2.47. The van der Waals surface area contributed by atoms with Crippen LogP contribution in [0, 0.1) is 0 Å². The zero-order valence-corrected chi connectivity index (χ0v) is 10.3. The van der Waals surface area contributed by atoms with Crippen molar-refractivity contribution >= 4 is 5.97 Å². The van der Waals surface area contributed by atoms with Gasteiger partial charge in [0.2, 0.25) is 0 Å². The second-order valence-corrected chi connectivity index (χ2v) is 2.47. The van der Waals surface area contributed by atoms with E-state index in [9.17, 15) is 4.79 Å². The summed E-state index contributed by atoms with van der Waals surface area (Å²) in [7, 11) is 0. The van der Waals surface area contributed by atoms with E-state index in [1.165, 1.54) is 0 Å². The molecule has 0 aliphatic heterocycles. The molecule has 0 radical (unpaired) electrons. The maximum atomic E-state index is 10.5. The lowest BCUT2D eigenvalue weighted by Gasteiger charge is -2.04. The summed E-state index contributed by atoms with van der Waals surface area (Å²) in [5.41, 5.74) is 0.847. The molecule has 0 amide bonds. The highest BCUT2D eigenvalue weighted by Crippen LogP contribution is 2.13. The van der Waals surface area contributed by atoms with E-state index in [-0.39, 0.29) is 0 Å². The van der Waals surface area contributed by atoms with Crippen molar-refractivity contribution in [3.05, 3.63) is 35.9 Å². The molecule has 86 valence electrons. The first-order chi connectivity index (χ1) is 7.22. The summed E-state index contributed by atoms with van der Waals surface area (Å²) in [5.74, 6) is -1.19. The summed E-state index contributed by atoms with van der Waals surface area (Å²) >= 11 is 0.